The van der Waals surface area contributed by atoms with Crippen molar-refractivity contribution in [2.45, 2.75) is 70.4 Å². The molecule has 2 aliphatic carbocycles. The average Bonchev–Trinajstić information content (AvgIpc) is 3.15. The number of hydrogen-bond acceptors (Lipinski definition) is 3. The summed E-state index contributed by atoms with van der Waals surface area (Å²) in [5.41, 5.74) is 0. The van der Waals surface area contributed by atoms with E-state index in [9.17, 15) is 19.5 Å². The average molecular weight is 336 g/mol. The molecule has 0 bridgehead atoms. The van der Waals surface area contributed by atoms with Crippen molar-refractivity contribution in [2.75, 3.05) is 6.54 Å². The highest BCUT2D eigenvalue weighted by Crippen LogP contribution is 2.32. The van der Waals surface area contributed by atoms with Crippen molar-refractivity contribution < 1.29 is 19.5 Å². The predicted molar refractivity (Wildman–Crippen MR) is 88.1 cm³/mol. The Morgan fingerprint density at radius 3 is 2.50 bits per heavy atom. The molecule has 1 heterocycles. The molecule has 0 aromatic heterocycles. The van der Waals surface area contributed by atoms with Gasteiger partial charge >= 0.3 is 5.97 Å². The van der Waals surface area contributed by atoms with Crippen molar-refractivity contribution >= 4 is 17.8 Å². The first-order valence-electron chi connectivity index (χ1n) is 9.28. The molecule has 3 fully saturated rings. The van der Waals surface area contributed by atoms with Crippen LogP contribution < -0.4 is 5.32 Å². The number of hydrogen-bond donors (Lipinski definition) is 2. The van der Waals surface area contributed by atoms with Crippen LogP contribution in [-0.2, 0) is 14.4 Å². The minimum atomic E-state index is -0.835. The van der Waals surface area contributed by atoms with E-state index in [-0.39, 0.29) is 36.2 Å². The topological polar surface area (TPSA) is 86.7 Å². The fourth-order valence-electron chi connectivity index (χ4n) is 4.54. The molecular formula is C18H28N2O4. The van der Waals surface area contributed by atoms with E-state index in [0.717, 1.165) is 38.0 Å². The molecule has 1 saturated heterocycles. The normalized spacial score (nSPS) is 36.8. The number of amides is 2. The van der Waals surface area contributed by atoms with Crippen molar-refractivity contribution in [3.8, 4) is 0 Å². The molecule has 0 aromatic rings. The van der Waals surface area contributed by atoms with Gasteiger partial charge in [0.1, 0.15) is 0 Å². The molecule has 0 radical (unpaired) electrons. The van der Waals surface area contributed by atoms with E-state index in [2.05, 4.69) is 12.2 Å². The number of likely N-dealkylation sites (tertiary alicyclic amines) is 1. The van der Waals surface area contributed by atoms with Crippen LogP contribution in [0.4, 0.5) is 0 Å². The van der Waals surface area contributed by atoms with Gasteiger partial charge < -0.3 is 15.3 Å². The Labute approximate surface area is 143 Å². The van der Waals surface area contributed by atoms with Crippen LogP contribution in [-0.4, -0.2) is 46.4 Å². The maximum absolute atomic E-state index is 12.5. The summed E-state index contributed by atoms with van der Waals surface area (Å²) in [4.78, 5) is 38.0. The third-order valence-electron chi connectivity index (χ3n) is 6.12. The standard InChI is InChI=1S/C18H28N2O4/c1-11-5-7-13(8-6-11)20-10-12(9-16(20)21)17(22)19-15-4-2-3-14(15)18(23)24/h11-15H,2-10H2,1H3,(H,19,22)(H,23,24)/t11?,12?,13?,14-,15+/m0/s1. The number of nitrogens with zero attached hydrogens (tertiary/aromatic N) is 1. The van der Waals surface area contributed by atoms with Crippen LogP contribution in [0.15, 0.2) is 0 Å². The van der Waals surface area contributed by atoms with Gasteiger partial charge in [-0.05, 0) is 44.4 Å². The third kappa shape index (κ3) is 3.57. The van der Waals surface area contributed by atoms with Crippen molar-refractivity contribution in [3.63, 3.8) is 0 Å². The second-order valence-corrected chi connectivity index (χ2v) is 7.85. The van der Waals surface area contributed by atoms with Gasteiger partial charge in [-0.15, -0.1) is 0 Å². The summed E-state index contributed by atoms with van der Waals surface area (Å²) in [6.07, 6.45) is 6.79. The molecule has 6 nitrogen and oxygen atoms in total. The largest absolute Gasteiger partial charge is 0.481 e. The summed E-state index contributed by atoms with van der Waals surface area (Å²) in [6, 6.07) is -0.000527. The molecule has 24 heavy (non-hydrogen) atoms. The van der Waals surface area contributed by atoms with Crippen LogP contribution >= 0.6 is 0 Å². The van der Waals surface area contributed by atoms with Gasteiger partial charge in [0.2, 0.25) is 11.8 Å². The number of rotatable bonds is 4. The Hall–Kier alpha value is -1.59. The van der Waals surface area contributed by atoms with Gasteiger partial charge in [0, 0.05) is 25.0 Å². The first-order valence-corrected chi connectivity index (χ1v) is 9.28. The molecule has 1 aliphatic heterocycles. The van der Waals surface area contributed by atoms with Crippen LogP contribution in [0.25, 0.3) is 0 Å². The van der Waals surface area contributed by atoms with Gasteiger partial charge in [-0.2, -0.15) is 0 Å². The fourth-order valence-corrected chi connectivity index (χ4v) is 4.54. The van der Waals surface area contributed by atoms with E-state index < -0.39 is 11.9 Å². The lowest BCUT2D eigenvalue weighted by atomic mass is 9.86. The molecule has 3 atom stereocenters. The number of carbonyl (C=O) groups excluding carboxylic acids is 2. The highest BCUT2D eigenvalue weighted by Gasteiger charge is 2.41. The van der Waals surface area contributed by atoms with Crippen LogP contribution in [0.5, 0.6) is 0 Å². The highest BCUT2D eigenvalue weighted by atomic mass is 16.4. The lowest BCUT2D eigenvalue weighted by Crippen LogP contribution is -2.44. The van der Waals surface area contributed by atoms with Crippen LogP contribution in [0.2, 0.25) is 0 Å². The first kappa shape index (κ1) is 17.2. The number of nitrogens with one attached hydrogen (secondary N) is 1. The predicted octanol–water partition coefficient (Wildman–Crippen LogP) is 1.78. The number of aliphatic carboxylic acids is 1. The number of carbonyl (C=O) groups is 3. The molecule has 134 valence electrons. The Morgan fingerprint density at radius 2 is 1.83 bits per heavy atom. The summed E-state index contributed by atoms with van der Waals surface area (Å²) in [5, 5.41) is 12.1. The maximum Gasteiger partial charge on any atom is 0.308 e. The summed E-state index contributed by atoms with van der Waals surface area (Å²) in [7, 11) is 0. The molecule has 0 spiro atoms. The van der Waals surface area contributed by atoms with Crippen molar-refractivity contribution in [1.82, 2.24) is 10.2 Å². The van der Waals surface area contributed by atoms with E-state index in [1.165, 1.54) is 0 Å². The molecule has 6 heteroatoms. The van der Waals surface area contributed by atoms with Gasteiger partial charge in [0.25, 0.3) is 0 Å². The van der Waals surface area contributed by atoms with Crippen molar-refractivity contribution in [2.24, 2.45) is 17.8 Å². The molecule has 3 rings (SSSR count). The second kappa shape index (κ2) is 7.11. The summed E-state index contributed by atoms with van der Waals surface area (Å²) >= 11 is 0. The monoisotopic (exact) mass is 336 g/mol. The lowest BCUT2D eigenvalue weighted by molar-refractivity contribution is -0.142. The molecule has 2 amide bonds. The zero-order chi connectivity index (χ0) is 17.3. The highest BCUT2D eigenvalue weighted by molar-refractivity contribution is 5.89. The SMILES string of the molecule is CC1CCC(N2CC(C(=O)N[C@@H]3CCC[C@@H]3C(=O)O)CC2=O)CC1. The third-order valence-corrected chi connectivity index (χ3v) is 6.12. The Morgan fingerprint density at radius 1 is 1.12 bits per heavy atom. The summed E-state index contributed by atoms with van der Waals surface area (Å²) in [6.45, 7) is 2.74. The molecule has 3 aliphatic rings. The van der Waals surface area contributed by atoms with Gasteiger partial charge in [0.05, 0.1) is 11.8 Å². The lowest BCUT2D eigenvalue weighted by Gasteiger charge is -2.33. The smallest absolute Gasteiger partial charge is 0.308 e. The fraction of sp³-hybridized carbons (Fsp3) is 0.833. The Kier molecular flexibility index (Phi) is 5.11. The van der Waals surface area contributed by atoms with Crippen LogP contribution in [0.3, 0.4) is 0 Å². The van der Waals surface area contributed by atoms with Crippen LogP contribution in [0, 0.1) is 17.8 Å². The van der Waals surface area contributed by atoms with Crippen molar-refractivity contribution in [1.29, 1.82) is 0 Å². The first-order chi connectivity index (χ1) is 11.5. The van der Waals surface area contributed by atoms with Gasteiger partial charge in [-0.3, -0.25) is 14.4 Å². The molecular weight excluding hydrogens is 308 g/mol. The number of carboxylic acid groups (broad SMARTS) is 1. The summed E-state index contributed by atoms with van der Waals surface area (Å²) < 4.78 is 0. The van der Waals surface area contributed by atoms with Gasteiger partial charge in [0.15, 0.2) is 0 Å². The molecule has 2 saturated carbocycles. The second-order valence-electron chi connectivity index (χ2n) is 7.85. The van der Waals surface area contributed by atoms with E-state index in [4.69, 9.17) is 0 Å². The number of carboxylic acids is 1. The molecule has 1 unspecified atom stereocenters. The zero-order valence-corrected chi connectivity index (χ0v) is 14.4. The Balaban J connectivity index is 1.55. The van der Waals surface area contributed by atoms with Gasteiger partial charge in [-0.1, -0.05) is 13.3 Å². The van der Waals surface area contributed by atoms with E-state index in [1.54, 1.807) is 0 Å². The minimum absolute atomic E-state index is 0.0795. The van der Waals surface area contributed by atoms with E-state index in [1.807, 2.05) is 4.90 Å². The van der Waals surface area contributed by atoms with E-state index in [0.29, 0.717) is 19.4 Å². The Bertz CT molecular complexity index is 513. The summed E-state index contributed by atoms with van der Waals surface area (Å²) in [5.74, 6) is -0.982. The molecule has 0 aromatic carbocycles. The maximum atomic E-state index is 12.5. The van der Waals surface area contributed by atoms with Gasteiger partial charge in [-0.25, -0.2) is 0 Å². The molecule has 2 N–H and O–H groups in total. The van der Waals surface area contributed by atoms with Crippen molar-refractivity contribution in [3.05, 3.63) is 0 Å². The quantitative estimate of drug-likeness (QED) is 0.819. The zero-order valence-electron chi connectivity index (χ0n) is 14.4. The minimum Gasteiger partial charge on any atom is -0.481 e. The van der Waals surface area contributed by atoms with E-state index >= 15 is 0 Å². The van der Waals surface area contributed by atoms with Crippen LogP contribution in [0.1, 0.15) is 58.3 Å².